The molecule has 0 aliphatic carbocycles. The maximum absolute atomic E-state index is 4.79. The molecule has 2 aliphatic rings. The van der Waals surface area contributed by atoms with Gasteiger partial charge in [-0.15, -0.1) is 0 Å². The molecule has 1 aromatic rings. The summed E-state index contributed by atoms with van der Waals surface area (Å²) in [5.41, 5.74) is 6.63. The molecule has 0 radical (unpaired) electrons. The van der Waals surface area contributed by atoms with Crippen LogP contribution < -0.4 is 10.7 Å². The minimum Gasteiger partial charge on any atom is -0.250 e. The summed E-state index contributed by atoms with van der Waals surface area (Å²) in [4.78, 5) is 17.3. The maximum Gasteiger partial charge on any atom is 0.0971 e. The van der Waals surface area contributed by atoms with Gasteiger partial charge in [-0.25, -0.2) is 9.98 Å². The lowest BCUT2D eigenvalue weighted by Gasteiger charge is -2.19. The summed E-state index contributed by atoms with van der Waals surface area (Å²) in [6.07, 6.45) is 1.59. The highest BCUT2D eigenvalue weighted by Crippen LogP contribution is 2.30. The van der Waals surface area contributed by atoms with E-state index in [1.165, 1.54) is 11.1 Å². The smallest absolute Gasteiger partial charge is 0.0971 e. The third kappa shape index (κ3) is 2.90. The number of hydrogen-bond acceptors (Lipinski definition) is 2. The minimum atomic E-state index is 0.796. The molecule has 0 saturated carbocycles. The Labute approximate surface area is 162 Å². The highest BCUT2D eigenvalue weighted by Gasteiger charge is 2.20. The molecule has 0 bridgehead atoms. The molecule has 0 atom stereocenters. The molecule has 0 N–H and O–H groups in total. The molecule has 1 aromatic carbocycles. The second-order valence-electron chi connectivity index (χ2n) is 4.90. The number of allylic oxidation sites excluding steroid dienone is 2. The van der Waals surface area contributed by atoms with E-state index in [2.05, 4.69) is 75.9 Å². The van der Waals surface area contributed by atoms with Crippen molar-refractivity contribution in [3.05, 3.63) is 65.3 Å². The van der Waals surface area contributed by atoms with Crippen LogP contribution in [0, 0.1) is 0 Å². The Hall–Kier alpha value is -0.300. The monoisotopic (exact) mass is 546 g/mol. The Balaban J connectivity index is 2.46. The van der Waals surface area contributed by atoms with Gasteiger partial charge in [0.15, 0.2) is 0 Å². The largest absolute Gasteiger partial charge is 0.250 e. The maximum atomic E-state index is 4.79. The summed E-state index contributed by atoms with van der Waals surface area (Å²) in [5.74, 6) is 0. The highest BCUT2D eigenvalue weighted by molar-refractivity contribution is 9.11. The molecule has 0 aromatic heterocycles. The second kappa shape index (κ2) is 7.07. The molecular formula is C16H10Br4N2. The Morgan fingerprint density at radius 3 is 1.41 bits per heavy atom. The molecule has 0 amide bonds. The molecule has 22 heavy (non-hydrogen) atoms. The fourth-order valence-electron chi connectivity index (χ4n) is 2.59. The first kappa shape index (κ1) is 16.6. The highest BCUT2D eigenvalue weighted by atomic mass is 79.9. The number of benzene rings is 1. The van der Waals surface area contributed by atoms with E-state index in [-0.39, 0.29) is 0 Å². The van der Waals surface area contributed by atoms with Gasteiger partial charge in [0, 0.05) is 33.9 Å². The lowest BCUT2D eigenvalue weighted by atomic mass is 9.93. The summed E-state index contributed by atoms with van der Waals surface area (Å²) in [6, 6.07) is 4.26. The Bertz CT molecular complexity index is 803. The molecule has 3 rings (SSSR count). The zero-order chi connectivity index (χ0) is 15.7. The molecule has 0 fully saturated rings. The molecule has 0 saturated heterocycles. The van der Waals surface area contributed by atoms with Crippen LogP contribution >= 0.6 is 63.7 Å². The van der Waals surface area contributed by atoms with Crippen LogP contribution in [0.1, 0.15) is 24.0 Å². The molecular weight excluding hydrogens is 540 g/mol. The van der Waals surface area contributed by atoms with Crippen molar-refractivity contribution in [3.63, 3.8) is 0 Å². The Morgan fingerprint density at radius 1 is 0.682 bits per heavy atom. The van der Waals surface area contributed by atoms with Gasteiger partial charge in [-0.2, -0.15) is 0 Å². The number of rotatable bonds is 0. The average molecular weight is 550 g/mol. The molecule has 0 unspecified atom stereocenters. The molecule has 2 nitrogen and oxygen atoms in total. The zero-order valence-corrected chi connectivity index (χ0v) is 17.6. The first-order chi connectivity index (χ1) is 10.7. The summed E-state index contributed by atoms with van der Waals surface area (Å²) in [6.45, 7) is 0. The van der Waals surface area contributed by atoms with Gasteiger partial charge in [0.1, 0.15) is 0 Å². The predicted octanol–water partition coefficient (Wildman–Crippen LogP) is 5.68. The molecule has 112 valence electrons. The van der Waals surface area contributed by atoms with E-state index < -0.39 is 0 Å². The SMILES string of the molecule is Br/C=C1/C/C(=C\Br)c2ccc3c(c2=N1)=N/C(=C/Br)C/C3=C/Br. The van der Waals surface area contributed by atoms with E-state index in [1.54, 1.807) is 0 Å². The lowest BCUT2D eigenvalue weighted by Crippen LogP contribution is -2.35. The van der Waals surface area contributed by atoms with Crippen molar-refractivity contribution in [3.8, 4) is 0 Å². The van der Waals surface area contributed by atoms with Gasteiger partial charge in [-0.05, 0) is 21.1 Å². The fraction of sp³-hybridized carbons (Fsp3) is 0.125. The van der Waals surface area contributed by atoms with Crippen molar-refractivity contribution in [2.75, 3.05) is 0 Å². The van der Waals surface area contributed by atoms with E-state index in [0.717, 1.165) is 46.1 Å². The predicted molar refractivity (Wildman–Crippen MR) is 106 cm³/mol. The fourth-order valence-corrected chi connectivity index (χ4v) is 3.94. The summed E-state index contributed by atoms with van der Waals surface area (Å²) >= 11 is 13.7. The van der Waals surface area contributed by atoms with Gasteiger partial charge >= 0.3 is 0 Å². The van der Waals surface area contributed by atoms with Crippen LogP contribution in [-0.4, -0.2) is 0 Å². The van der Waals surface area contributed by atoms with Crippen LogP contribution in [0.5, 0.6) is 0 Å². The summed E-state index contributed by atoms with van der Waals surface area (Å²) in [7, 11) is 0. The first-order valence-electron chi connectivity index (χ1n) is 6.50. The number of halogens is 4. The Morgan fingerprint density at radius 2 is 1.09 bits per heavy atom. The normalized spacial score (nSPS) is 24.2. The standard InChI is InChI=1S/C16H10Br4N2/c17-5-9-3-11(7-19)21-15-13(9)1-2-14-10(6-18)4-12(8-20)22-16(14)15/h1-2,5-8H,3-4H2/b9-5-,10-6+,11-7+,12-8-. The quantitative estimate of drug-likeness (QED) is 0.398. The number of hydrogen-bond donors (Lipinski definition) is 0. The minimum absolute atomic E-state index is 0.796. The second-order valence-corrected chi connectivity index (χ2v) is 6.74. The van der Waals surface area contributed by atoms with E-state index in [0.29, 0.717) is 0 Å². The van der Waals surface area contributed by atoms with Crippen molar-refractivity contribution >= 4 is 74.9 Å². The van der Waals surface area contributed by atoms with Crippen molar-refractivity contribution in [2.45, 2.75) is 12.8 Å². The molecule has 6 heteroatoms. The van der Waals surface area contributed by atoms with Gasteiger partial charge in [-0.1, -0.05) is 75.9 Å². The van der Waals surface area contributed by atoms with Crippen molar-refractivity contribution < 1.29 is 0 Å². The van der Waals surface area contributed by atoms with Crippen LogP contribution in [0.2, 0.25) is 0 Å². The summed E-state index contributed by atoms with van der Waals surface area (Å²) in [5, 5.41) is 1.86. The Kier molecular flexibility index (Phi) is 5.32. The van der Waals surface area contributed by atoms with Gasteiger partial charge in [0.2, 0.25) is 0 Å². The van der Waals surface area contributed by atoms with Crippen LogP contribution in [-0.2, 0) is 0 Å². The van der Waals surface area contributed by atoms with E-state index in [9.17, 15) is 0 Å². The van der Waals surface area contributed by atoms with Crippen LogP contribution in [0.15, 0.2) is 53.5 Å². The van der Waals surface area contributed by atoms with E-state index in [1.807, 2.05) is 19.9 Å². The molecule has 0 spiro atoms. The molecule has 2 heterocycles. The van der Waals surface area contributed by atoms with Crippen LogP contribution in [0.25, 0.3) is 11.1 Å². The van der Waals surface area contributed by atoms with Crippen molar-refractivity contribution in [1.29, 1.82) is 0 Å². The van der Waals surface area contributed by atoms with Gasteiger partial charge in [0.05, 0.1) is 22.1 Å². The molecule has 2 aliphatic heterocycles. The van der Waals surface area contributed by atoms with Gasteiger partial charge in [0.25, 0.3) is 0 Å². The van der Waals surface area contributed by atoms with E-state index in [4.69, 9.17) is 9.98 Å². The topological polar surface area (TPSA) is 24.7 Å². The number of fused-ring (bicyclic) bond motifs is 3. The number of nitrogens with zero attached hydrogens (tertiary/aromatic N) is 2. The summed E-state index contributed by atoms with van der Waals surface area (Å²) < 4.78 is 0. The average Bonchev–Trinajstić information content (AvgIpc) is 2.59. The van der Waals surface area contributed by atoms with Crippen molar-refractivity contribution in [2.24, 2.45) is 9.98 Å². The van der Waals surface area contributed by atoms with Crippen molar-refractivity contribution in [1.82, 2.24) is 0 Å². The van der Waals surface area contributed by atoms with Crippen LogP contribution in [0.3, 0.4) is 0 Å². The van der Waals surface area contributed by atoms with Gasteiger partial charge < -0.3 is 0 Å². The first-order valence-corrected chi connectivity index (χ1v) is 10.2. The third-order valence-corrected chi connectivity index (χ3v) is 5.77. The van der Waals surface area contributed by atoms with E-state index >= 15 is 0 Å². The van der Waals surface area contributed by atoms with Crippen LogP contribution in [0.4, 0.5) is 0 Å². The van der Waals surface area contributed by atoms with Gasteiger partial charge in [-0.3, -0.25) is 0 Å². The third-order valence-electron chi connectivity index (χ3n) is 3.61. The zero-order valence-electron chi connectivity index (χ0n) is 11.3. The lowest BCUT2D eigenvalue weighted by molar-refractivity contribution is 1.00.